The Morgan fingerprint density at radius 1 is 0.857 bits per heavy atom. The number of benzene rings is 3. The van der Waals surface area contributed by atoms with E-state index in [1.165, 1.54) is 49.2 Å². The lowest BCUT2D eigenvalue weighted by Gasteiger charge is -2.23. The summed E-state index contributed by atoms with van der Waals surface area (Å²) in [4.78, 5) is 0. The molecule has 0 unspecified atom stereocenters. The standard InChI is InChI=1S/C25H26NOSi/c1-15-12-17-8-7-9-21-24(17)23(16(15)2)25-22(27-21)14-18-13-19(28(4,5)6)10-11-20(18)26(25)3/h7-14H,1-6H3/q+1. The third-order valence-electron chi connectivity index (χ3n) is 6.21. The molecule has 0 aliphatic carbocycles. The van der Waals surface area contributed by atoms with Crippen molar-refractivity contribution in [2.75, 3.05) is 0 Å². The van der Waals surface area contributed by atoms with E-state index in [0.717, 1.165) is 11.5 Å². The fraction of sp³-hybridized carbons (Fsp3) is 0.240. The van der Waals surface area contributed by atoms with Crippen LogP contribution in [-0.4, -0.2) is 8.07 Å². The molecular formula is C25H26NOSi+. The van der Waals surface area contributed by atoms with Gasteiger partial charge in [-0.25, -0.2) is 0 Å². The van der Waals surface area contributed by atoms with Crippen molar-refractivity contribution in [2.24, 2.45) is 7.05 Å². The van der Waals surface area contributed by atoms with E-state index in [1.807, 2.05) is 0 Å². The predicted molar refractivity (Wildman–Crippen MR) is 121 cm³/mol. The van der Waals surface area contributed by atoms with Gasteiger partial charge in [-0.1, -0.05) is 49.1 Å². The molecular weight excluding hydrogens is 358 g/mol. The Morgan fingerprint density at radius 2 is 1.64 bits per heavy atom. The molecule has 3 aromatic carbocycles. The van der Waals surface area contributed by atoms with Crippen LogP contribution in [0.2, 0.25) is 19.6 Å². The summed E-state index contributed by atoms with van der Waals surface area (Å²) >= 11 is 0. The molecule has 0 bridgehead atoms. The molecule has 2 nitrogen and oxygen atoms in total. The maximum Gasteiger partial charge on any atom is 0.256 e. The molecule has 3 heteroatoms. The monoisotopic (exact) mass is 384 g/mol. The van der Waals surface area contributed by atoms with Crippen LogP contribution < -0.4 is 14.5 Å². The lowest BCUT2D eigenvalue weighted by Crippen LogP contribution is -2.39. The van der Waals surface area contributed by atoms with Gasteiger partial charge in [0.25, 0.3) is 5.69 Å². The Kier molecular flexibility index (Phi) is 3.54. The van der Waals surface area contributed by atoms with Crippen molar-refractivity contribution in [3.8, 4) is 22.8 Å². The Bertz CT molecular complexity index is 1300. The zero-order chi connectivity index (χ0) is 19.8. The highest BCUT2D eigenvalue weighted by molar-refractivity contribution is 6.88. The van der Waals surface area contributed by atoms with Crippen LogP contribution in [0, 0.1) is 13.8 Å². The molecule has 0 atom stereocenters. The van der Waals surface area contributed by atoms with Crippen molar-refractivity contribution in [1.29, 1.82) is 0 Å². The SMILES string of the molecule is Cc1cc2cccc3c2c(c1C)-c1c(cc2cc([Si](C)(C)C)ccc2[n+]1C)O3. The van der Waals surface area contributed by atoms with Gasteiger partial charge >= 0.3 is 0 Å². The fourth-order valence-electron chi connectivity index (χ4n) is 4.47. The second-order valence-electron chi connectivity index (χ2n) is 9.09. The van der Waals surface area contributed by atoms with Gasteiger partial charge in [0.05, 0.1) is 13.6 Å². The first-order chi connectivity index (χ1) is 13.3. The molecule has 2 heterocycles. The maximum atomic E-state index is 6.45. The van der Waals surface area contributed by atoms with Crippen LogP contribution >= 0.6 is 0 Å². The smallest absolute Gasteiger partial charge is 0.256 e. The van der Waals surface area contributed by atoms with Crippen LogP contribution in [0.15, 0.2) is 48.5 Å². The first-order valence-electron chi connectivity index (χ1n) is 9.94. The molecule has 1 aliphatic heterocycles. The molecule has 140 valence electrons. The number of aromatic nitrogens is 1. The van der Waals surface area contributed by atoms with E-state index in [9.17, 15) is 0 Å². The average Bonchev–Trinajstić information content (AvgIpc) is 2.64. The molecule has 0 saturated carbocycles. The summed E-state index contributed by atoms with van der Waals surface area (Å²) in [6, 6.07) is 17.8. The van der Waals surface area contributed by atoms with Crippen LogP contribution in [0.25, 0.3) is 32.9 Å². The van der Waals surface area contributed by atoms with E-state index in [0.29, 0.717) is 0 Å². The number of hydrogen-bond acceptors (Lipinski definition) is 1. The molecule has 0 saturated heterocycles. The fourth-order valence-corrected chi connectivity index (χ4v) is 5.64. The normalized spacial score (nSPS) is 12.9. The summed E-state index contributed by atoms with van der Waals surface area (Å²) in [5, 5.41) is 5.20. The zero-order valence-corrected chi connectivity index (χ0v) is 18.5. The van der Waals surface area contributed by atoms with Crippen molar-refractivity contribution in [3.63, 3.8) is 0 Å². The second-order valence-corrected chi connectivity index (χ2v) is 14.2. The van der Waals surface area contributed by atoms with E-state index in [1.54, 1.807) is 0 Å². The highest BCUT2D eigenvalue weighted by Crippen LogP contribution is 2.47. The van der Waals surface area contributed by atoms with Crippen LogP contribution in [0.5, 0.6) is 11.5 Å². The molecule has 0 N–H and O–H groups in total. The van der Waals surface area contributed by atoms with Crippen LogP contribution in [0.3, 0.4) is 0 Å². The first-order valence-corrected chi connectivity index (χ1v) is 13.4. The molecule has 0 spiro atoms. The summed E-state index contributed by atoms with van der Waals surface area (Å²) in [6.45, 7) is 11.6. The summed E-state index contributed by atoms with van der Waals surface area (Å²) < 4.78 is 8.76. The average molecular weight is 385 g/mol. The summed E-state index contributed by atoms with van der Waals surface area (Å²) in [7, 11) is 0.800. The number of rotatable bonds is 1. The Labute approximate surface area is 167 Å². The minimum Gasteiger partial charge on any atom is -0.450 e. The molecule has 28 heavy (non-hydrogen) atoms. The number of fused-ring (bicyclic) bond motifs is 3. The molecule has 0 amide bonds. The number of nitrogens with zero attached hydrogens (tertiary/aromatic N) is 1. The third-order valence-corrected chi connectivity index (χ3v) is 8.26. The summed E-state index contributed by atoms with van der Waals surface area (Å²) in [5.41, 5.74) is 6.39. The van der Waals surface area contributed by atoms with Crippen molar-refractivity contribution in [2.45, 2.75) is 33.5 Å². The Morgan fingerprint density at radius 3 is 2.39 bits per heavy atom. The molecule has 4 aromatic rings. The van der Waals surface area contributed by atoms with E-state index >= 15 is 0 Å². The number of ether oxygens (including phenoxy) is 1. The molecule has 1 aliphatic rings. The first kappa shape index (κ1) is 17.4. The molecule has 0 radical (unpaired) electrons. The zero-order valence-electron chi connectivity index (χ0n) is 17.5. The lowest BCUT2D eigenvalue weighted by molar-refractivity contribution is -0.633. The summed E-state index contributed by atoms with van der Waals surface area (Å²) in [5.74, 6) is 1.92. The van der Waals surface area contributed by atoms with Gasteiger partial charge < -0.3 is 4.74 Å². The van der Waals surface area contributed by atoms with Crippen LogP contribution in [-0.2, 0) is 7.05 Å². The van der Waals surface area contributed by atoms with E-state index < -0.39 is 8.07 Å². The highest BCUT2D eigenvalue weighted by Gasteiger charge is 2.31. The summed E-state index contributed by atoms with van der Waals surface area (Å²) in [6.07, 6.45) is 0. The number of hydrogen-bond donors (Lipinski definition) is 0. The second kappa shape index (κ2) is 5.68. The molecule has 5 rings (SSSR count). The van der Waals surface area contributed by atoms with E-state index in [-0.39, 0.29) is 0 Å². The minimum absolute atomic E-state index is 0.955. The van der Waals surface area contributed by atoms with Gasteiger partial charge in [-0.2, -0.15) is 4.57 Å². The maximum absolute atomic E-state index is 6.45. The van der Waals surface area contributed by atoms with Gasteiger partial charge in [-0.15, -0.1) is 0 Å². The third kappa shape index (κ3) is 2.36. The predicted octanol–water partition coefficient (Wildman–Crippen LogP) is 5.75. The topological polar surface area (TPSA) is 13.1 Å². The number of pyridine rings is 1. The molecule has 0 fully saturated rings. The van der Waals surface area contributed by atoms with Gasteiger partial charge in [0.2, 0.25) is 5.52 Å². The van der Waals surface area contributed by atoms with Crippen LogP contribution in [0.1, 0.15) is 11.1 Å². The van der Waals surface area contributed by atoms with Gasteiger partial charge in [0, 0.05) is 22.9 Å². The van der Waals surface area contributed by atoms with Gasteiger partial charge in [0.1, 0.15) is 12.8 Å². The minimum atomic E-state index is -1.37. The van der Waals surface area contributed by atoms with Gasteiger partial charge in [0.15, 0.2) is 5.75 Å². The van der Waals surface area contributed by atoms with E-state index in [4.69, 9.17) is 4.74 Å². The van der Waals surface area contributed by atoms with E-state index in [2.05, 4.69) is 93.6 Å². The van der Waals surface area contributed by atoms with Gasteiger partial charge in [-0.05, 0) is 42.5 Å². The molecule has 1 aromatic heterocycles. The van der Waals surface area contributed by atoms with Crippen molar-refractivity contribution >= 4 is 34.9 Å². The van der Waals surface area contributed by atoms with Crippen LogP contribution in [0.4, 0.5) is 0 Å². The van der Waals surface area contributed by atoms with Crippen molar-refractivity contribution in [3.05, 3.63) is 59.7 Å². The number of aryl methyl sites for hydroxylation is 2. The lowest BCUT2D eigenvalue weighted by atomic mass is 9.90. The highest BCUT2D eigenvalue weighted by atomic mass is 28.3. The quantitative estimate of drug-likeness (QED) is 0.265. The van der Waals surface area contributed by atoms with Crippen molar-refractivity contribution < 1.29 is 9.30 Å². The van der Waals surface area contributed by atoms with Gasteiger partial charge in [-0.3, -0.25) is 0 Å². The Balaban J connectivity index is 1.91. The van der Waals surface area contributed by atoms with Crippen molar-refractivity contribution in [1.82, 2.24) is 0 Å². The Hall–Kier alpha value is -2.65. The largest absolute Gasteiger partial charge is 0.450 e.